The lowest BCUT2D eigenvalue weighted by molar-refractivity contribution is 0.0781. The summed E-state index contributed by atoms with van der Waals surface area (Å²) in [6.07, 6.45) is 0. The summed E-state index contributed by atoms with van der Waals surface area (Å²) in [7, 11) is 3.32. The normalized spacial score (nSPS) is 10.4. The maximum absolute atomic E-state index is 12.3. The number of benzene rings is 1. The zero-order valence-corrected chi connectivity index (χ0v) is 12.1. The maximum atomic E-state index is 12.3. The van der Waals surface area contributed by atoms with Crippen LogP contribution in [0.4, 0.5) is 0 Å². The van der Waals surface area contributed by atoms with Gasteiger partial charge in [-0.25, -0.2) is 4.98 Å². The van der Waals surface area contributed by atoms with Crippen molar-refractivity contribution in [2.45, 2.75) is 20.4 Å². The summed E-state index contributed by atoms with van der Waals surface area (Å²) in [5.74, 6) is 1.94. The van der Waals surface area contributed by atoms with Crippen LogP contribution in [0.25, 0.3) is 0 Å². The summed E-state index contributed by atoms with van der Waals surface area (Å²) < 4.78 is 5.24. The van der Waals surface area contributed by atoms with Crippen LogP contribution in [0.5, 0.6) is 5.75 Å². The SMILES string of the molecule is COc1cc(C(=O)N(C)Cc2n[nH]c(C)n2)ccc1C. The minimum absolute atomic E-state index is 0.0919. The van der Waals surface area contributed by atoms with E-state index in [0.29, 0.717) is 23.7 Å². The van der Waals surface area contributed by atoms with Crippen molar-refractivity contribution >= 4 is 5.91 Å². The minimum Gasteiger partial charge on any atom is -0.496 e. The average Bonchev–Trinajstić information content (AvgIpc) is 2.83. The van der Waals surface area contributed by atoms with E-state index in [0.717, 1.165) is 11.4 Å². The molecule has 1 aromatic heterocycles. The third kappa shape index (κ3) is 2.96. The van der Waals surface area contributed by atoms with E-state index in [2.05, 4.69) is 15.2 Å². The van der Waals surface area contributed by atoms with E-state index in [9.17, 15) is 4.79 Å². The summed E-state index contributed by atoms with van der Waals surface area (Å²) in [5, 5.41) is 6.78. The van der Waals surface area contributed by atoms with Crippen molar-refractivity contribution < 1.29 is 9.53 Å². The molecule has 106 valence electrons. The highest BCUT2D eigenvalue weighted by Gasteiger charge is 2.15. The van der Waals surface area contributed by atoms with Crippen molar-refractivity contribution in [2.24, 2.45) is 0 Å². The highest BCUT2D eigenvalue weighted by Crippen LogP contribution is 2.20. The molecular weight excluding hydrogens is 256 g/mol. The van der Waals surface area contributed by atoms with Gasteiger partial charge in [-0.2, -0.15) is 5.10 Å². The van der Waals surface area contributed by atoms with E-state index in [1.807, 2.05) is 19.9 Å². The first-order valence-corrected chi connectivity index (χ1v) is 6.29. The van der Waals surface area contributed by atoms with Gasteiger partial charge in [0.05, 0.1) is 13.7 Å². The van der Waals surface area contributed by atoms with Gasteiger partial charge in [0, 0.05) is 12.6 Å². The molecule has 0 bridgehead atoms. The molecule has 0 aliphatic heterocycles. The third-order valence-corrected chi connectivity index (χ3v) is 3.02. The van der Waals surface area contributed by atoms with E-state index in [1.165, 1.54) is 0 Å². The minimum atomic E-state index is -0.0919. The second-order valence-electron chi connectivity index (χ2n) is 4.68. The summed E-state index contributed by atoms with van der Waals surface area (Å²) in [5.41, 5.74) is 1.58. The molecule has 2 rings (SSSR count). The quantitative estimate of drug-likeness (QED) is 0.921. The smallest absolute Gasteiger partial charge is 0.254 e. The lowest BCUT2D eigenvalue weighted by Gasteiger charge is -2.16. The molecule has 6 nitrogen and oxygen atoms in total. The predicted octanol–water partition coefficient (Wildman–Crippen LogP) is 1.70. The average molecular weight is 274 g/mol. The molecule has 0 aliphatic rings. The molecule has 20 heavy (non-hydrogen) atoms. The number of hydrogen-bond acceptors (Lipinski definition) is 4. The number of rotatable bonds is 4. The highest BCUT2D eigenvalue weighted by atomic mass is 16.5. The molecule has 1 aromatic carbocycles. The monoisotopic (exact) mass is 274 g/mol. The molecular formula is C14H18N4O2. The van der Waals surface area contributed by atoms with Gasteiger partial charge in [0.25, 0.3) is 5.91 Å². The van der Waals surface area contributed by atoms with Crippen LogP contribution < -0.4 is 4.74 Å². The molecule has 0 atom stereocenters. The fraction of sp³-hybridized carbons (Fsp3) is 0.357. The molecule has 1 amide bonds. The Morgan fingerprint density at radius 1 is 1.40 bits per heavy atom. The molecule has 0 saturated carbocycles. The molecule has 1 N–H and O–H groups in total. The fourth-order valence-electron chi connectivity index (χ4n) is 1.92. The van der Waals surface area contributed by atoms with Crippen LogP contribution in [0.15, 0.2) is 18.2 Å². The second-order valence-corrected chi connectivity index (χ2v) is 4.68. The van der Waals surface area contributed by atoms with Crippen LogP contribution in [0.3, 0.4) is 0 Å². The Balaban J connectivity index is 2.14. The van der Waals surface area contributed by atoms with Gasteiger partial charge in [-0.3, -0.25) is 9.89 Å². The Hall–Kier alpha value is -2.37. The Bertz CT molecular complexity index is 621. The van der Waals surface area contributed by atoms with E-state index in [-0.39, 0.29) is 5.91 Å². The van der Waals surface area contributed by atoms with E-state index >= 15 is 0 Å². The van der Waals surface area contributed by atoms with Crippen LogP contribution in [0.2, 0.25) is 0 Å². The maximum Gasteiger partial charge on any atom is 0.254 e. The summed E-state index contributed by atoms with van der Waals surface area (Å²) in [6, 6.07) is 5.41. The number of aryl methyl sites for hydroxylation is 2. The molecule has 0 unspecified atom stereocenters. The second kappa shape index (κ2) is 5.73. The van der Waals surface area contributed by atoms with Crippen LogP contribution in [0.1, 0.15) is 27.6 Å². The predicted molar refractivity (Wildman–Crippen MR) is 74.6 cm³/mol. The Labute approximate surface area is 117 Å². The molecule has 0 aliphatic carbocycles. The summed E-state index contributed by atoms with van der Waals surface area (Å²) in [6.45, 7) is 4.12. The van der Waals surface area contributed by atoms with Gasteiger partial charge in [-0.1, -0.05) is 6.07 Å². The van der Waals surface area contributed by atoms with Gasteiger partial charge >= 0.3 is 0 Å². The number of carbonyl (C=O) groups excluding carboxylic acids is 1. The first-order chi connectivity index (χ1) is 9.51. The number of H-pyrrole nitrogens is 1. The lowest BCUT2D eigenvalue weighted by atomic mass is 10.1. The number of hydrogen-bond donors (Lipinski definition) is 1. The molecule has 0 radical (unpaired) electrons. The van der Waals surface area contributed by atoms with E-state index in [1.54, 1.807) is 31.2 Å². The van der Waals surface area contributed by atoms with Crippen molar-refractivity contribution in [2.75, 3.05) is 14.2 Å². The molecule has 2 aromatic rings. The van der Waals surface area contributed by atoms with Crippen molar-refractivity contribution in [3.63, 3.8) is 0 Å². The Morgan fingerprint density at radius 2 is 2.15 bits per heavy atom. The number of nitrogens with one attached hydrogen (secondary N) is 1. The standard InChI is InChI=1S/C14H18N4O2/c1-9-5-6-11(7-12(9)20-4)14(19)18(3)8-13-15-10(2)16-17-13/h5-7H,8H2,1-4H3,(H,15,16,17). The van der Waals surface area contributed by atoms with E-state index < -0.39 is 0 Å². The van der Waals surface area contributed by atoms with E-state index in [4.69, 9.17) is 4.74 Å². The van der Waals surface area contributed by atoms with Gasteiger partial charge in [0.1, 0.15) is 11.6 Å². The lowest BCUT2D eigenvalue weighted by Crippen LogP contribution is -2.26. The zero-order valence-electron chi connectivity index (χ0n) is 12.1. The van der Waals surface area contributed by atoms with Gasteiger partial charge < -0.3 is 9.64 Å². The van der Waals surface area contributed by atoms with Crippen molar-refractivity contribution in [3.8, 4) is 5.75 Å². The Kier molecular flexibility index (Phi) is 4.02. The topological polar surface area (TPSA) is 71.1 Å². The van der Waals surface area contributed by atoms with Crippen molar-refractivity contribution in [1.82, 2.24) is 20.1 Å². The summed E-state index contributed by atoms with van der Waals surface area (Å²) >= 11 is 0. The number of aromatic nitrogens is 3. The van der Waals surface area contributed by atoms with Crippen LogP contribution >= 0.6 is 0 Å². The first kappa shape index (κ1) is 14.0. The van der Waals surface area contributed by atoms with Gasteiger partial charge in [0.2, 0.25) is 0 Å². The number of methoxy groups -OCH3 is 1. The molecule has 0 spiro atoms. The third-order valence-electron chi connectivity index (χ3n) is 3.02. The van der Waals surface area contributed by atoms with Crippen LogP contribution in [0, 0.1) is 13.8 Å². The summed E-state index contributed by atoms with van der Waals surface area (Å²) in [4.78, 5) is 18.1. The van der Waals surface area contributed by atoms with Gasteiger partial charge in [-0.15, -0.1) is 0 Å². The molecule has 0 fully saturated rings. The number of nitrogens with zero attached hydrogens (tertiary/aromatic N) is 3. The first-order valence-electron chi connectivity index (χ1n) is 6.29. The Morgan fingerprint density at radius 3 is 2.75 bits per heavy atom. The zero-order chi connectivity index (χ0) is 14.7. The van der Waals surface area contributed by atoms with Crippen LogP contribution in [-0.4, -0.2) is 40.1 Å². The van der Waals surface area contributed by atoms with Gasteiger partial charge in [0.15, 0.2) is 5.82 Å². The van der Waals surface area contributed by atoms with Crippen molar-refractivity contribution in [3.05, 3.63) is 41.0 Å². The molecule has 1 heterocycles. The highest BCUT2D eigenvalue weighted by molar-refractivity contribution is 5.94. The fourth-order valence-corrected chi connectivity index (χ4v) is 1.92. The van der Waals surface area contributed by atoms with Crippen molar-refractivity contribution in [1.29, 1.82) is 0 Å². The number of ether oxygens (including phenoxy) is 1. The number of carbonyl (C=O) groups is 1. The van der Waals surface area contributed by atoms with Gasteiger partial charge in [-0.05, 0) is 31.5 Å². The van der Waals surface area contributed by atoms with Crippen LogP contribution in [-0.2, 0) is 6.54 Å². The number of amides is 1. The molecule has 6 heteroatoms. The number of aromatic amines is 1. The molecule has 0 saturated heterocycles. The largest absolute Gasteiger partial charge is 0.496 e.